The van der Waals surface area contributed by atoms with E-state index in [9.17, 15) is 4.79 Å². The smallest absolute Gasteiger partial charge is 0.374 e. The summed E-state index contributed by atoms with van der Waals surface area (Å²) in [6.45, 7) is 14.9. The van der Waals surface area contributed by atoms with Gasteiger partial charge in [-0.15, -0.1) is 11.8 Å². The summed E-state index contributed by atoms with van der Waals surface area (Å²) in [5.74, 6) is 1.04. The van der Waals surface area contributed by atoms with Crippen LogP contribution in [0.1, 0.15) is 151 Å². The van der Waals surface area contributed by atoms with Crippen molar-refractivity contribution >= 4 is 26.5 Å². The summed E-state index contributed by atoms with van der Waals surface area (Å²) in [6.07, 6.45) is 22.8. The number of hydrogen-bond acceptors (Lipinski definition) is 5. The maximum Gasteiger partial charge on any atom is 0.500 e. The van der Waals surface area contributed by atoms with Crippen LogP contribution in [0.25, 0.3) is 0 Å². The molecule has 0 aliphatic rings. The Bertz CT molecular complexity index is 519. The van der Waals surface area contributed by atoms with E-state index in [0.717, 1.165) is 31.2 Å². The lowest BCUT2D eigenvalue weighted by Gasteiger charge is -2.29. The molecule has 0 aromatic heterocycles. The Labute approximate surface area is 243 Å². The van der Waals surface area contributed by atoms with Crippen LogP contribution in [-0.4, -0.2) is 51.6 Å². The van der Waals surface area contributed by atoms with Crippen molar-refractivity contribution in [3.63, 3.8) is 0 Å². The third kappa shape index (κ3) is 20.8. The van der Waals surface area contributed by atoms with E-state index < -0.39 is 13.6 Å². The Balaban J connectivity index is 3.76. The standard InChI is InChI=1S/C31H65NO4SSi/c1-7-11-12-13-14-15-16-17-18-19-20-21-22-23-24-25-27-32-30(33)31(5,6)37-28-26-29-38(34-8-2,35-9-3)36-10-4/h7-29H2,1-6H3,(H,32,33). The fourth-order valence-electron chi connectivity index (χ4n) is 4.77. The number of rotatable bonds is 29. The van der Waals surface area contributed by atoms with Crippen LogP contribution in [0.5, 0.6) is 0 Å². The van der Waals surface area contributed by atoms with Gasteiger partial charge >= 0.3 is 8.80 Å². The summed E-state index contributed by atoms with van der Waals surface area (Å²) in [7, 11) is -2.59. The van der Waals surface area contributed by atoms with Crippen LogP contribution in [0.2, 0.25) is 6.04 Å². The fourth-order valence-corrected chi connectivity index (χ4v) is 8.64. The van der Waals surface area contributed by atoms with E-state index >= 15 is 0 Å². The van der Waals surface area contributed by atoms with Gasteiger partial charge in [-0.2, -0.15) is 0 Å². The number of amides is 1. The zero-order chi connectivity index (χ0) is 28.4. The average molecular weight is 576 g/mol. The van der Waals surface area contributed by atoms with Gasteiger partial charge in [0.2, 0.25) is 5.91 Å². The molecule has 0 radical (unpaired) electrons. The van der Waals surface area contributed by atoms with E-state index in [-0.39, 0.29) is 5.91 Å². The number of nitrogens with one attached hydrogen (secondary N) is 1. The monoisotopic (exact) mass is 575 g/mol. The first-order chi connectivity index (χ1) is 18.4. The van der Waals surface area contributed by atoms with Crippen molar-refractivity contribution in [2.24, 2.45) is 0 Å². The molecule has 1 N–H and O–H groups in total. The first-order valence-electron chi connectivity index (χ1n) is 16.2. The van der Waals surface area contributed by atoms with Crippen LogP contribution >= 0.6 is 11.8 Å². The molecular formula is C31H65NO4SSi. The summed E-state index contributed by atoms with van der Waals surface area (Å²) < 4.78 is 17.4. The first-order valence-corrected chi connectivity index (χ1v) is 19.1. The van der Waals surface area contributed by atoms with Gasteiger partial charge in [-0.05, 0) is 53.2 Å². The van der Waals surface area contributed by atoms with E-state index in [0.29, 0.717) is 19.8 Å². The number of carbonyl (C=O) groups excluding carboxylic acids is 1. The van der Waals surface area contributed by atoms with Gasteiger partial charge < -0.3 is 18.6 Å². The topological polar surface area (TPSA) is 56.8 Å². The summed E-state index contributed by atoms with van der Waals surface area (Å²) in [5.41, 5.74) is 0. The second-order valence-electron chi connectivity index (χ2n) is 11.0. The Morgan fingerprint density at radius 3 is 1.42 bits per heavy atom. The summed E-state index contributed by atoms with van der Waals surface area (Å²) >= 11 is 1.71. The summed E-state index contributed by atoms with van der Waals surface area (Å²) in [6, 6.07) is 0.798. The molecule has 1 amide bonds. The molecule has 0 heterocycles. The van der Waals surface area contributed by atoms with Crippen molar-refractivity contribution in [3.8, 4) is 0 Å². The molecule has 228 valence electrons. The third-order valence-corrected chi connectivity index (χ3v) is 11.6. The van der Waals surface area contributed by atoms with Crippen molar-refractivity contribution in [2.45, 2.75) is 161 Å². The Morgan fingerprint density at radius 1 is 0.632 bits per heavy atom. The van der Waals surface area contributed by atoms with E-state index in [4.69, 9.17) is 13.3 Å². The van der Waals surface area contributed by atoms with Crippen LogP contribution in [0.4, 0.5) is 0 Å². The first kappa shape index (κ1) is 37.9. The number of unbranched alkanes of at least 4 members (excludes halogenated alkanes) is 15. The van der Waals surface area contributed by atoms with E-state index in [1.165, 1.54) is 96.3 Å². The van der Waals surface area contributed by atoms with Crippen molar-refractivity contribution in [2.75, 3.05) is 32.1 Å². The molecule has 0 atom stereocenters. The molecule has 0 aromatic carbocycles. The van der Waals surface area contributed by atoms with Crippen molar-refractivity contribution in [3.05, 3.63) is 0 Å². The quantitative estimate of drug-likeness (QED) is 0.0711. The molecule has 0 unspecified atom stereocenters. The molecule has 0 saturated carbocycles. The van der Waals surface area contributed by atoms with Crippen LogP contribution in [0.15, 0.2) is 0 Å². The highest BCUT2D eigenvalue weighted by molar-refractivity contribution is 8.01. The molecule has 0 aliphatic heterocycles. The minimum Gasteiger partial charge on any atom is -0.374 e. The highest BCUT2D eigenvalue weighted by atomic mass is 32.2. The van der Waals surface area contributed by atoms with Crippen LogP contribution in [-0.2, 0) is 18.1 Å². The molecule has 0 aromatic rings. The maximum absolute atomic E-state index is 12.7. The average Bonchev–Trinajstić information content (AvgIpc) is 2.89. The van der Waals surface area contributed by atoms with Crippen LogP contribution in [0, 0.1) is 0 Å². The van der Waals surface area contributed by atoms with Gasteiger partial charge in [0, 0.05) is 32.4 Å². The van der Waals surface area contributed by atoms with Crippen LogP contribution < -0.4 is 5.32 Å². The molecule has 7 heteroatoms. The summed E-state index contributed by atoms with van der Waals surface area (Å²) in [4.78, 5) is 12.7. The minimum absolute atomic E-state index is 0.145. The number of thioether (sulfide) groups is 1. The largest absolute Gasteiger partial charge is 0.500 e. The lowest BCUT2D eigenvalue weighted by atomic mass is 10.0. The SMILES string of the molecule is CCCCCCCCCCCCCCCCCCNC(=O)C(C)(C)SCCC[Si](OCC)(OCC)OCC. The molecule has 0 saturated heterocycles. The van der Waals surface area contributed by atoms with E-state index in [2.05, 4.69) is 12.2 Å². The normalized spacial score (nSPS) is 12.3. The molecule has 5 nitrogen and oxygen atoms in total. The Morgan fingerprint density at radius 2 is 1.03 bits per heavy atom. The second-order valence-corrected chi connectivity index (χ2v) is 15.5. The van der Waals surface area contributed by atoms with E-state index in [1.807, 2.05) is 34.6 Å². The van der Waals surface area contributed by atoms with Gasteiger partial charge in [-0.25, -0.2) is 0 Å². The lowest BCUT2D eigenvalue weighted by molar-refractivity contribution is -0.122. The highest BCUT2D eigenvalue weighted by Crippen LogP contribution is 2.28. The fraction of sp³-hybridized carbons (Fsp3) is 0.968. The van der Waals surface area contributed by atoms with Gasteiger partial charge in [0.15, 0.2) is 0 Å². The summed E-state index contributed by atoms with van der Waals surface area (Å²) in [5, 5.41) is 3.17. The van der Waals surface area contributed by atoms with Crippen LogP contribution in [0.3, 0.4) is 0 Å². The molecule has 0 aliphatic carbocycles. The van der Waals surface area contributed by atoms with Gasteiger partial charge in [0.05, 0.1) is 4.75 Å². The zero-order valence-corrected chi connectivity index (χ0v) is 28.1. The molecule has 38 heavy (non-hydrogen) atoms. The predicted molar refractivity (Wildman–Crippen MR) is 169 cm³/mol. The van der Waals surface area contributed by atoms with Gasteiger partial charge in [-0.3, -0.25) is 4.79 Å². The van der Waals surface area contributed by atoms with Gasteiger partial charge in [0.1, 0.15) is 0 Å². The zero-order valence-electron chi connectivity index (χ0n) is 26.3. The van der Waals surface area contributed by atoms with E-state index in [1.54, 1.807) is 11.8 Å². The second kappa shape index (κ2) is 25.9. The molecule has 0 rings (SSSR count). The Hall–Kier alpha value is -0.0831. The number of hydrogen-bond donors (Lipinski definition) is 1. The minimum atomic E-state index is -2.59. The maximum atomic E-state index is 12.7. The lowest BCUT2D eigenvalue weighted by Crippen LogP contribution is -2.46. The third-order valence-electron chi connectivity index (χ3n) is 7.05. The molecule has 0 spiro atoms. The molecule has 0 bridgehead atoms. The highest BCUT2D eigenvalue weighted by Gasteiger charge is 2.40. The Kier molecular flexibility index (Phi) is 25.8. The molecular weight excluding hydrogens is 510 g/mol. The van der Waals surface area contributed by atoms with Crippen molar-refractivity contribution in [1.29, 1.82) is 0 Å². The number of carbonyl (C=O) groups is 1. The predicted octanol–water partition coefficient (Wildman–Crippen LogP) is 9.31. The van der Waals surface area contributed by atoms with Gasteiger partial charge in [-0.1, -0.05) is 103 Å². The molecule has 0 fully saturated rings. The van der Waals surface area contributed by atoms with Gasteiger partial charge in [0.25, 0.3) is 0 Å². The van der Waals surface area contributed by atoms with Crippen molar-refractivity contribution < 1.29 is 18.1 Å². The van der Waals surface area contributed by atoms with Crippen molar-refractivity contribution in [1.82, 2.24) is 5.32 Å².